The van der Waals surface area contributed by atoms with Crippen molar-refractivity contribution in [3.63, 3.8) is 0 Å². The van der Waals surface area contributed by atoms with Crippen LogP contribution < -0.4 is 14.2 Å². The number of rotatable bonds is 5. The largest absolute Gasteiger partial charge is 0.496 e. The van der Waals surface area contributed by atoms with E-state index in [1.165, 1.54) is 12.4 Å². The Labute approximate surface area is 110 Å². The Morgan fingerprint density at radius 2 is 1.47 bits per heavy atom. The number of aromatic nitrogens is 2. The van der Waals surface area contributed by atoms with Crippen LogP contribution >= 0.6 is 0 Å². The first-order chi connectivity index (χ1) is 9.25. The summed E-state index contributed by atoms with van der Waals surface area (Å²) in [7, 11) is 3.12. The molecule has 1 heterocycles. The fourth-order valence-corrected chi connectivity index (χ4v) is 1.42. The predicted octanol–water partition coefficient (Wildman–Crippen LogP) is 1.78. The molecular weight excluding hydrogens is 248 g/mol. The van der Waals surface area contributed by atoms with Crippen LogP contribution in [0.4, 0.5) is 0 Å². The fourth-order valence-electron chi connectivity index (χ4n) is 1.42. The van der Waals surface area contributed by atoms with Crippen molar-refractivity contribution in [3.05, 3.63) is 36.2 Å². The molecule has 1 aromatic heterocycles. The highest BCUT2D eigenvalue weighted by Crippen LogP contribution is 2.29. The lowest BCUT2D eigenvalue weighted by molar-refractivity contribution is 0.280. The first-order valence-corrected chi connectivity index (χ1v) is 5.58. The lowest BCUT2D eigenvalue weighted by atomic mass is 10.3. The minimum Gasteiger partial charge on any atom is -0.496 e. The zero-order valence-electron chi connectivity index (χ0n) is 10.7. The third-order valence-electron chi connectivity index (χ3n) is 2.40. The number of aliphatic hydroxyl groups is 1. The van der Waals surface area contributed by atoms with Crippen molar-refractivity contribution < 1.29 is 19.3 Å². The molecule has 0 spiro atoms. The molecule has 0 radical (unpaired) electrons. The first kappa shape index (κ1) is 13.1. The monoisotopic (exact) mass is 262 g/mol. The molecule has 0 saturated heterocycles. The van der Waals surface area contributed by atoms with Gasteiger partial charge in [0.2, 0.25) is 0 Å². The van der Waals surface area contributed by atoms with Gasteiger partial charge in [0.25, 0.3) is 0 Å². The second-order valence-corrected chi connectivity index (χ2v) is 3.68. The van der Waals surface area contributed by atoms with Crippen molar-refractivity contribution >= 4 is 0 Å². The van der Waals surface area contributed by atoms with Gasteiger partial charge < -0.3 is 19.3 Å². The molecule has 0 bridgehead atoms. The van der Waals surface area contributed by atoms with Gasteiger partial charge in [0.05, 0.1) is 20.8 Å². The Morgan fingerprint density at radius 1 is 0.947 bits per heavy atom. The zero-order valence-corrected chi connectivity index (χ0v) is 10.7. The highest BCUT2D eigenvalue weighted by Gasteiger charge is 2.05. The molecule has 6 heteroatoms. The molecule has 2 rings (SSSR count). The number of methoxy groups -OCH3 is 2. The Kier molecular flexibility index (Phi) is 4.15. The van der Waals surface area contributed by atoms with Crippen LogP contribution in [-0.4, -0.2) is 29.3 Å². The third kappa shape index (κ3) is 3.32. The maximum Gasteiger partial charge on any atom is 0.321 e. The number of ether oxygens (including phenoxy) is 3. The quantitative estimate of drug-likeness (QED) is 0.885. The van der Waals surface area contributed by atoms with Crippen LogP contribution in [0.1, 0.15) is 5.56 Å². The molecule has 0 aliphatic heterocycles. The minimum absolute atomic E-state index is 0.104. The number of benzene rings is 1. The number of hydrogen-bond donors (Lipinski definition) is 1. The van der Waals surface area contributed by atoms with Crippen molar-refractivity contribution in [1.82, 2.24) is 9.97 Å². The molecule has 1 N–H and O–H groups in total. The van der Waals surface area contributed by atoms with Gasteiger partial charge >= 0.3 is 6.01 Å². The molecule has 2 aromatic rings. The molecule has 0 saturated carbocycles. The summed E-state index contributed by atoms with van der Waals surface area (Å²) in [6, 6.07) is 5.33. The molecule has 6 nitrogen and oxygen atoms in total. The van der Waals surface area contributed by atoms with E-state index in [9.17, 15) is 0 Å². The van der Waals surface area contributed by atoms with Crippen LogP contribution in [0.3, 0.4) is 0 Å². The number of aliphatic hydroxyl groups excluding tert-OH is 1. The van der Waals surface area contributed by atoms with Crippen molar-refractivity contribution in [3.8, 4) is 23.3 Å². The van der Waals surface area contributed by atoms with Gasteiger partial charge in [-0.3, -0.25) is 0 Å². The minimum atomic E-state index is -0.104. The molecule has 0 amide bonds. The van der Waals surface area contributed by atoms with E-state index in [4.69, 9.17) is 19.3 Å². The number of nitrogens with zero attached hydrogens (tertiary/aromatic N) is 2. The highest BCUT2D eigenvalue weighted by atomic mass is 16.5. The summed E-state index contributed by atoms with van der Waals surface area (Å²) in [6.45, 7) is -0.104. The van der Waals surface area contributed by atoms with Crippen LogP contribution in [0.2, 0.25) is 0 Å². The molecule has 19 heavy (non-hydrogen) atoms. The average Bonchev–Trinajstić information content (AvgIpc) is 2.47. The summed E-state index contributed by atoms with van der Waals surface area (Å²) in [6.07, 6.45) is 3.00. The van der Waals surface area contributed by atoms with Crippen LogP contribution in [0, 0.1) is 0 Å². The maximum atomic E-state index is 8.90. The van der Waals surface area contributed by atoms with Crippen molar-refractivity contribution in [2.75, 3.05) is 14.2 Å². The zero-order chi connectivity index (χ0) is 13.7. The first-order valence-electron chi connectivity index (χ1n) is 5.58. The Balaban J connectivity index is 2.21. The van der Waals surface area contributed by atoms with E-state index in [-0.39, 0.29) is 12.6 Å². The van der Waals surface area contributed by atoms with Crippen molar-refractivity contribution in [2.45, 2.75) is 6.61 Å². The molecule has 0 fully saturated rings. The van der Waals surface area contributed by atoms with Crippen LogP contribution in [0.15, 0.2) is 30.6 Å². The highest BCUT2D eigenvalue weighted by molar-refractivity contribution is 5.42. The van der Waals surface area contributed by atoms with Gasteiger partial charge in [-0.05, 0) is 0 Å². The fraction of sp³-hybridized carbons (Fsp3) is 0.231. The van der Waals surface area contributed by atoms with Gasteiger partial charge in [-0.15, -0.1) is 0 Å². The summed E-state index contributed by atoms with van der Waals surface area (Å²) in [4.78, 5) is 7.96. The summed E-state index contributed by atoms with van der Waals surface area (Å²) in [5.74, 6) is 1.73. The summed E-state index contributed by atoms with van der Waals surface area (Å²) in [5.41, 5.74) is 0.621. The topological polar surface area (TPSA) is 73.7 Å². The van der Waals surface area contributed by atoms with Gasteiger partial charge in [0.1, 0.15) is 17.2 Å². The van der Waals surface area contributed by atoms with Crippen molar-refractivity contribution in [1.29, 1.82) is 0 Å². The van der Waals surface area contributed by atoms with E-state index in [1.54, 1.807) is 32.4 Å². The molecular formula is C13H14N2O4. The van der Waals surface area contributed by atoms with E-state index in [0.29, 0.717) is 22.8 Å². The molecule has 0 unspecified atom stereocenters. The van der Waals surface area contributed by atoms with E-state index in [0.717, 1.165) is 0 Å². The van der Waals surface area contributed by atoms with Crippen LogP contribution in [-0.2, 0) is 6.61 Å². The van der Waals surface area contributed by atoms with Gasteiger partial charge in [-0.2, -0.15) is 0 Å². The Bertz CT molecular complexity index is 521. The Hall–Kier alpha value is -2.34. The Morgan fingerprint density at radius 3 is 1.95 bits per heavy atom. The lowest BCUT2D eigenvalue weighted by Crippen LogP contribution is -1.95. The summed E-state index contributed by atoms with van der Waals surface area (Å²) in [5, 5.41) is 8.90. The molecule has 1 aromatic carbocycles. The molecule has 0 aliphatic rings. The smallest absolute Gasteiger partial charge is 0.321 e. The molecule has 0 atom stereocenters. The standard InChI is InChI=1S/C13H14N2O4/c1-17-10-3-11(18-2)5-12(4-10)19-13-14-6-9(8-16)7-15-13/h3-7,16H,8H2,1-2H3. The second kappa shape index (κ2) is 6.01. The van der Waals surface area contributed by atoms with E-state index >= 15 is 0 Å². The second-order valence-electron chi connectivity index (χ2n) is 3.68. The normalized spacial score (nSPS) is 10.1. The molecule has 0 aliphatic carbocycles. The van der Waals surface area contributed by atoms with E-state index in [1.807, 2.05) is 0 Å². The third-order valence-corrected chi connectivity index (χ3v) is 2.40. The summed E-state index contributed by atoms with van der Waals surface area (Å²) >= 11 is 0. The van der Waals surface area contributed by atoms with Crippen molar-refractivity contribution in [2.24, 2.45) is 0 Å². The van der Waals surface area contributed by atoms with E-state index in [2.05, 4.69) is 9.97 Å². The van der Waals surface area contributed by atoms with Gasteiger partial charge in [-0.25, -0.2) is 9.97 Å². The maximum absolute atomic E-state index is 8.90. The van der Waals surface area contributed by atoms with E-state index < -0.39 is 0 Å². The van der Waals surface area contributed by atoms with Crippen LogP contribution in [0.5, 0.6) is 23.3 Å². The average molecular weight is 262 g/mol. The van der Waals surface area contributed by atoms with Gasteiger partial charge in [0.15, 0.2) is 0 Å². The molecule has 100 valence electrons. The van der Waals surface area contributed by atoms with Gasteiger partial charge in [-0.1, -0.05) is 0 Å². The summed E-state index contributed by atoms with van der Waals surface area (Å²) < 4.78 is 15.8. The number of hydrogen-bond acceptors (Lipinski definition) is 6. The lowest BCUT2D eigenvalue weighted by Gasteiger charge is -2.08. The SMILES string of the molecule is COc1cc(OC)cc(Oc2ncc(CO)cn2)c1. The predicted molar refractivity (Wildman–Crippen MR) is 67.6 cm³/mol. The van der Waals surface area contributed by atoms with Gasteiger partial charge in [0, 0.05) is 36.2 Å². The van der Waals surface area contributed by atoms with Crippen LogP contribution in [0.25, 0.3) is 0 Å².